The first-order valence-electron chi connectivity index (χ1n) is 5.95. The van der Waals surface area contributed by atoms with Crippen molar-refractivity contribution >= 4 is 16.9 Å². The number of hydrogen-bond donors (Lipinski definition) is 1. The maximum atomic E-state index is 11.6. The molecule has 0 saturated carbocycles. The fourth-order valence-corrected chi connectivity index (χ4v) is 2.22. The van der Waals surface area contributed by atoms with E-state index in [2.05, 4.69) is 0 Å². The van der Waals surface area contributed by atoms with Crippen molar-refractivity contribution in [2.45, 2.75) is 20.0 Å². The molecule has 1 unspecified atom stereocenters. The highest BCUT2D eigenvalue weighted by atomic mass is 16.5. The van der Waals surface area contributed by atoms with Crippen LogP contribution in [0.3, 0.4) is 0 Å². The van der Waals surface area contributed by atoms with Gasteiger partial charge in [-0.1, -0.05) is 12.1 Å². The highest BCUT2D eigenvalue weighted by Gasteiger charge is 2.23. The molecule has 1 N–H and O–H groups in total. The molecule has 1 atom stereocenters. The van der Waals surface area contributed by atoms with Gasteiger partial charge in [0.2, 0.25) is 0 Å². The molecule has 1 aromatic carbocycles. The van der Waals surface area contributed by atoms with Crippen molar-refractivity contribution in [2.24, 2.45) is 7.05 Å². The van der Waals surface area contributed by atoms with Gasteiger partial charge in [-0.25, -0.2) is 4.79 Å². The predicted molar refractivity (Wildman–Crippen MR) is 69.2 cm³/mol. The third-order valence-corrected chi connectivity index (χ3v) is 3.06. The van der Waals surface area contributed by atoms with E-state index in [1.807, 2.05) is 36.7 Å². The Hall–Kier alpha value is -1.81. The summed E-state index contributed by atoms with van der Waals surface area (Å²) in [4.78, 5) is 11.6. The molecular formula is C14H17NO3. The van der Waals surface area contributed by atoms with E-state index in [4.69, 9.17) is 4.74 Å². The number of aryl methyl sites for hydroxylation is 2. The van der Waals surface area contributed by atoms with E-state index < -0.39 is 12.1 Å². The van der Waals surface area contributed by atoms with Crippen LogP contribution in [0.4, 0.5) is 0 Å². The molecule has 4 nitrogen and oxygen atoms in total. The topological polar surface area (TPSA) is 51.5 Å². The Balaban J connectivity index is 2.54. The third-order valence-electron chi connectivity index (χ3n) is 3.06. The van der Waals surface area contributed by atoms with Crippen molar-refractivity contribution in [3.05, 3.63) is 35.5 Å². The molecule has 96 valence electrons. The number of carbonyl (C=O) groups excluding carboxylic acids is 1. The highest BCUT2D eigenvalue weighted by molar-refractivity contribution is 5.91. The van der Waals surface area contributed by atoms with E-state index in [-0.39, 0.29) is 6.61 Å². The molecule has 18 heavy (non-hydrogen) atoms. The normalized spacial score (nSPS) is 12.7. The number of nitrogens with zero attached hydrogens (tertiary/aromatic N) is 1. The molecule has 0 saturated heterocycles. The van der Waals surface area contributed by atoms with Crippen molar-refractivity contribution in [3.8, 4) is 0 Å². The van der Waals surface area contributed by atoms with Crippen molar-refractivity contribution in [2.75, 3.05) is 6.61 Å². The lowest BCUT2D eigenvalue weighted by Crippen LogP contribution is -2.15. The maximum absolute atomic E-state index is 11.6. The van der Waals surface area contributed by atoms with E-state index in [0.29, 0.717) is 5.56 Å². The number of rotatable bonds is 3. The van der Waals surface area contributed by atoms with Gasteiger partial charge < -0.3 is 14.4 Å². The molecule has 0 fully saturated rings. The van der Waals surface area contributed by atoms with Crippen LogP contribution in [-0.4, -0.2) is 22.2 Å². The number of carbonyl (C=O) groups is 1. The Labute approximate surface area is 106 Å². The van der Waals surface area contributed by atoms with Gasteiger partial charge in [0.1, 0.15) is 0 Å². The Bertz CT molecular complexity index is 586. The maximum Gasteiger partial charge on any atom is 0.339 e. The summed E-state index contributed by atoms with van der Waals surface area (Å²) < 4.78 is 6.76. The average Bonchev–Trinajstić information content (AvgIpc) is 2.68. The number of benzene rings is 1. The van der Waals surface area contributed by atoms with Crippen LogP contribution in [0.15, 0.2) is 24.4 Å². The summed E-state index contributed by atoms with van der Waals surface area (Å²) in [6.45, 7) is 3.95. The zero-order valence-corrected chi connectivity index (χ0v) is 10.8. The summed E-state index contributed by atoms with van der Waals surface area (Å²) in [5.41, 5.74) is 2.63. The SMILES string of the molecule is CCOC(=O)C(O)c1cn(C)c2cccc(C)c12. The van der Waals surface area contributed by atoms with Gasteiger partial charge in [-0.3, -0.25) is 0 Å². The second-order valence-corrected chi connectivity index (χ2v) is 4.32. The largest absolute Gasteiger partial charge is 0.464 e. The number of hydrogen-bond acceptors (Lipinski definition) is 3. The molecule has 0 amide bonds. The first-order valence-corrected chi connectivity index (χ1v) is 5.95. The number of aromatic nitrogens is 1. The van der Waals surface area contributed by atoms with Gasteiger partial charge in [0, 0.05) is 29.7 Å². The number of aliphatic hydroxyl groups excluding tert-OH is 1. The fraction of sp³-hybridized carbons (Fsp3) is 0.357. The standard InChI is InChI=1S/C14H17NO3/c1-4-18-14(17)13(16)10-8-15(3)11-7-5-6-9(2)12(10)11/h5-8,13,16H,4H2,1-3H3. The highest BCUT2D eigenvalue weighted by Crippen LogP contribution is 2.29. The van der Waals surface area contributed by atoms with Crippen LogP contribution >= 0.6 is 0 Å². The monoisotopic (exact) mass is 247 g/mol. The minimum atomic E-state index is -1.23. The Kier molecular flexibility index (Phi) is 3.39. The van der Waals surface area contributed by atoms with E-state index in [1.54, 1.807) is 13.1 Å². The van der Waals surface area contributed by atoms with Gasteiger partial charge in [-0.05, 0) is 25.5 Å². The number of aliphatic hydroxyl groups is 1. The van der Waals surface area contributed by atoms with Crippen molar-refractivity contribution < 1.29 is 14.6 Å². The lowest BCUT2D eigenvalue weighted by molar-refractivity contribution is -0.153. The minimum absolute atomic E-state index is 0.264. The molecule has 2 aromatic rings. The Morgan fingerprint density at radius 2 is 2.22 bits per heavy atom. The molecule has 0 radical (unpaired) electrons. The average molecular weight is 247 g/mol. The molecule has 4 heteroatoms. The van der Waals surface area contributed by atoms with E-state index >= 15 is 0 Å². The third kappa shape index (κ3) is 1.99. The number of fused-ring (bicyclic) bond motifs is 1. The summed E-state index contributed by atoms with van der Waals surface area (Å²) >= 11 is 0. The van der Waals surface area contributed by atoms with Gasteiger partial charge in [0.15, 0.2) is 6.10 Å². The molecule has 2 rings (SSSR count). The summed E-state index contributed by atoms with van der Waals surface area (Å²) in [6.07, 6.45) is 0.550. The smallest absolute Gasteiger partial charge is 0.339 e. The fourth-order valence-electron chi connectivity index (χ4n) is 2.22. The van der Waals surface area contributed by atoms with Gasteiger partial charge in [0.25, 0.3) is 0 Å². The first kappa shape index (κ1) is 12.6. The quantitative estimate of drug-likeness (QED) is 0.845. The van der Waals surface area contributed by atoms with Crippen LogP contribution in [-0.2, 0) is 16.6 Å². The van der Waals surface area contributed by atoms with E-state index in [9.17, 15) is 9.90 Å². The molecule has 0 bridgehead atoms. The van der Waals surface area contributed by atoms with Gasteiger partial charge >= 0.3 is 5.97 Å². The second-order valence-electron chi connectivity index (χ2n) is 4.32. The van der Waals surface area contributed by atoms with Gasteiger partial charge in [-0.15, -0.1) is 0 Å². The molecule has 0 spiro atoms. The van der Waals surface area contributed by atoms with Gasteiger partial charge in [0.05, 0.1) is 6.61 Å². The summed E-state index contributed by atoms with van der Waals surface area (Å²) in [5, 5.41) is 11.0. The molecular weight excluding hydrogens is 230 g/mol. The van der Waals surface area contributed by atoms with Crippen LogP contribution in [0.2, 0.25) is 0 Å². The molecule has 0 aliphatic rings. The summed E-state index contributed by atoms with van der Waals surface area (Å²) in [6, 6.07) is 5.88. The second kappa shape index (κ2) is 4.82. The Morgan fingerprint density at radius 3 is 2.89 bits per heavy atom. The summed E-state index contributed by atoms with van der Waals surface area (Å²) in [7, 11) is 1.89. The summed E-state index contributed by atoms with van der Waals surface area (Å²) in [5.74, 6) is -0.603. The molecule has 0 aliphatic carbocycles. The first-order chi connectivity index (χ1) is 8.56. The van der Waals surface area contributed by atoms with Crippen LogP contribution in [0.25, 0.3) is 10.9 Å². The lowest BCUT2D eigenvalue weighted by Gasteiger charge is -2.09. The van der Waals surface area contributed by atoms with E-state index in [1.165, 1.54) is 0 Å². The zero-order valence-electron chi connectivity index (χ0n) is 10.8. The number of ether oxygens (including phenoxy) is 1. The number of esters is 1. The molecule has 0 aliphatic heterocycles. The van der Waals surface area contributed by atoms with E-state index in [0.717, 1.165) is 16.5 Å². The van der Waals surface area contributed by atoms with Crippen LogP contribution in [0, 0.1) is 6.92 Å². The van der Waals surface area contributed by atoms with Crippen LogP contribution in [0.1, 0.15) is 24.2 Å². The van der Waals surface area contributed by atoms with Crippen molar-refractivity contribution in [1.82, 2.24) is 4.57 Å². The predicted octanol–water partition coefficient (Wildman–Crippen LogP) is 2.08. The minimum Gasteiger partial charge on any atom is -0.464 e. The zero-order chi connectivity index (χ0) is 13.3. The van der Waals surface area contributed by atoms with Gasteiger partial charge in [-0.2, -0.15) is 0 Å². The van der Waals surface area contributed by atoms with Crippen LogP contribution < -0.4 is 0 Å². The van der Waals surface area contributed by atoms with Crippen molar-refractivity contribution in [1.29, 1.82) is 0 Å². The Morgan fingerprint density at radius 1 is 1.50 bits per heavy atom. The van der Waals surface area contributed by atoms with Crippen LogP contribution in [0.5, 0.6) is 0 Å². The molecule has 1 heterocycles. The molecule has 1 aromatic heterocycles. The van der Waals surface area contributed by atoms with Crippen molar-refractivity contribution in [3.63, 3.8) is 0 Å². The lowest BCUT2D eigenvalue weighted by atomic mass is 10.0.